The lowest BCUT2D eigenvalue weighted by molar-refractivity contribution is -0.129. The van der Waals surface area contributed by atoms with E-state index < -0.39 is 0 Å². The Balaban J connectivity index is 2.91. The molecule has 2 amide bonds. The van der Waals surface area contributed by atoms with Gasteiger partial charge in [-0.15, -0.1) is 0 Å². The normalized spacial score (nSPS) is 10.3. The molecule has 0 saturated carbocycles. The second-order valence-corrected chi connectivity index (χ2v) is 6.87. The molecule has 5 heteroatoms. The van der Waals surface area contributed by atoms with Crippen LogP contribution < -0.4 is 0 Å². The first-order valence-electron chi connectivity index (χ1n) is 8.20. The average molecular weight is 349 g/mol. The maximum atomic E-state index is 12.7. The van der Waals surface area contributed by atoms with Crippen molar-refractivity contribution in [1.82, 2.24) is 9.80 Å². The first-order chi connectivity index (χ1) is 11.3. The summed E-state index contributed by atoms with van der Waals surface area (Å²) in [6, 6.07) is 0. The fourth-order valence-corrected chi connectivity index (χ4v) is 3.28. The zero-order chi connectivity index (χ0) is 18.3. The molecule has 0 aliphatic heterocycles. The molecule has 1 aromatic rings. The average Bonchev–Trinajstić information content (AvgIpc) is 2.97. The molecule has 0 aliphatic carbocycles. The monoisotopic (exact) mass is 348 g/mol. The molecule has 0 spiro atoms. The van der Waals surface area contributed by atoms with E-state index in [4.69, 9.17) is 0 Å². The molecular formula is C19H28N2O2S. The van der Waals surface area contributed by atoms with Crippen molar-refractivity contribution < 1.29 is 9.59 Å². The third kappa shape index (κ3) is 5.64. The minimum Gasteiger partial charge on any atom is -0.339 e. The van der Waals surface area contributed by atoms with Crippen molar-refractivity contribution in [3.05, 3.63) is 46.2 Å². The number of nitrogens with zero attached hydrogens (tertiary/aromatic N) is 2. The van der Waals surface area contributed by atoms with Gasteiger partial charge in [0.05, 0.1) is 12.0 Å². The maximum absolute atomic E-state index is 12.7. The first kappa shape index (κ1) is 20.2. The molecule has 0 atom stereocenters. The highest BCUT2D eigenvalue weighted by atomic mass is 32.1. The standard InChI is InChI=1S/C19H28N2O2S/c1-7-20(10-14(3)4)18(22)9-16-12-24-13-17(16)19(23)21(8-2)11-15(5)6/h12-13H,3,5,7-11H2,1-2,4,6H3. The lowest BCUT2D eigenvalue weighted by Crippen LogP contribution is -2.35. The summed E-state index contributed by atoms with van der Waals surface area (Å²) in [7, 11) is 0. The van der Waals surface area contributed by atoms with Crippen molar-refractivity contribution in [3.63, 3.8) is 0 Å². The lowest BCUT2D eigenvalue weighted by atomic mass is 10.1. The Kier molecular flexibility index (Phi) is 7.92. The van der Waals surface area contributed by atoms with Gasteiger partial charge in [0.2, 0.25) is 5.91 Å². The Hall–Kier alpha value is -1.88. The molecule has 1 aromatic heterocycles. The molecule has 0 radical (unpaired) electrons. The van der Waals surface area contributed by atoms with Gasteiger partial charge >= 0.3 is 0 Å². The highest BCUT2D eigenvalue weighted by Gasteiger charge is 2.21. The van der Waals surface area contributed by atoms with E-state index in [0.717, 1.165) is 16.7 Å². The predicted molar refractivity (Wildman–Crippen MR) is 101 cm³/mol. The summed E-state index contributed by atoms with van der Waals surface area (Å²) in [6.07, 6.45) is 0.246. The van der Waals surface area contributed by atoms with Gasteiger partial charge in [-0.05, 0) is 38.6 Å². The number of thiophene rings is 1. The number of carbonyl (C=O) groups excluding carboxylic acids is 2. The van der Waals surface area contributed by atoms with Crippen molar-refractivity contribution in [2.75, 3.05) is 26.2 Å². The summed E-state index contributed by atoms with van der Waals surface area (Å²) in [5, 5.41) is 3.73. The van der Waals surface area contributed by atoms with Crippen molar-refractivity contribution in [2.45, 2.75) is 34.1 Å². The van der Waals surface area contributed by atoms with Gasteiger partial charge in [0.1, 0.15) is 0 Å². The molecular weight excluding hydrogens is 320 g/mol. The van der Waals surface area contributed by atoms with Gasteiger partial charge in [0.25, 0.3) is 5.91 Å². The molecule has 0 fully saturated rings. The largest absolute Gasteiger partial charge is 0.339 e. The van der Waals surface area contributed by atoms with Crippen molar-refractivity contribution in [3.8, 4) is 0 Å². The molecule has 132 valence electrons. The van der Waals surface area contributed by atoms with Gasteiger partial charge in [-0.1, -0.05) is 24.3 Å². The summed E-state index contributed by atoms with van der Waals surface area (Å²) < 4.78 is 0. The molecule has 0 saturated heterocycles. The SMILES string of the molecule is C=C(C)CN(CC)C(=O)Cc1cscc1C(=O)N(CC)CC(=C)C. The van der Waals surface area contributed by atoms with Gasteiger partial charge in [0.15, 0.2) is 0 Å². The summed E-state index contributed by atoms with van der Waals surface area (Å²) in [6.45, 7) is 17.8. The van der Waals surface area contributed by atoms with Crippen LogP contribution in [0.3, 0.4) is 0 Å². The fourth-order valence-electron chi connectivity index (χ4n) is 2.45. The zero-order valence-electron chi connectivity index (χ0n) is 15.2. The smallest absolute Gasteiger partial charge is 0.255 e. The first-order valence-corrected chi connectivity index (χ1v) is 9.15. The quantitative estimate of drug-likeness (QED) is 0.638. The van der Waals surface area contributed by atoms with E-state index >= 15 is 0 Å². The molecule has 1 rings (SSSR count). The van der Waals surface area contributed by atoms with E-state index in [0.29, 0.717) is 31.7 Å². The van der Waals surface area contributed by atoms with Gasteiger partial charge in [-0.25, -0.2) is 0 Å². The van der Waals surface area contributed by atoms with E-state index in [1.54, 1.807) is 9.80 Å². The minimum absolute atomic E-state index is 0.0240. The van der Waals surface area contributed by atoms with Crippen LogP contribution in [0.15, 0.2) is 35.1 Å². The molecule has 1 heterocycles. The molecule has 0 aliphatic rings. The topological polar surface area (TPSA) is 40.6 Å². The highest BCUT2D eigenvalue weighted by Crippen LogP contribution is 2.19. The number of rotatable bonds is 9. The van der Waals surface area contributed by atoms with E-state index in [1.165, 1.54) is 11.3 Å². The van der Waals surface area contributed by atoms with Crippen LogP contribution in [0.5, 0.6) is 0 Å². The van der Waals surface area contributed by atoms with Crippen LogP contribution in [-0.4, -0.2) is 47.8 Å². The highest BCUT2D eigenvalue weighted by molar-refractivity contribution is 7.08. The van der Waals surface area contributed by atoms with Crippen LogP contribution >= 0.6 is 11.3 Å². The Morgan fingerprint density at radius 3 is 2.04 bits per heavy atom. The maximum Gasteiger partial charge on any atom is 0.255 e. The summed E-state index contributed by atoms with van der Waals surface area (Å²) in [5.41, 5.74) is 3.32. The van der Waals surface area contributed by atoms with Crippen LogP contribution in [0.2, 0.25) is 0 Å². The fraction of sp³-hybridized carbons (Fsp3) is 0.474. The Morgan fingerprint density at radius 1 is 1.00 bits per heavy atom. The van der Waals surface area contributed by atoms with E-state index in [-0.39, 0.29) is 18.2 Å². The van der Waals surface area contributed by atoms with E-state index in [2.05, 4.69) is 13.2 Å². The molecule has 4 nitrogen and oxygen atoms in total. The van der Waals surface area contributed by atoms with E-state index in [9.17, 15) is 9.59 Å². The molecule has 0 N–H and O–H groups in total. The lowest BCUT2D eigenvalue weighted by Gasteiger charge is -2.23. The van der Waals surface area contributed by atoms with Crippen LogP contribution in [0.1, 0.15) is 43.6 Å². The zero-order valence-corrected chi connectivity index (χ0v) is 16.0. The minimum atomic E-state index is -0.0347. The summed E-state index contributed by atoms with van der Waals surface area (Å²) in [5.74, 6) is -0.0107. The van der Waals surface area contributed by atoms with Crippen LogP contribution in [0.25, 0.3) is 0 Å². The molecule has 0 bridgehead atoms. The predicted octanol–water partition coefficient (Wildman–Crippen LogP) is 3.75. The third-order valence-electron chi connectivity index (χ3n) is 3.64. The van der Waals surface area contributed by atoms with E-state index in [1.807, 2.05) is 38.5 Å². The third-order valence-corrected chi connectivity index (χ3v) is 4.43. The molecule has 24 heavy (non-hydrogen) atoms. The number of likely N-dealkylation sites (N-methyl/N-ethyl adjacent to an activating group) is 2. The number of hydrogen-bond donors (Lipinski definition) is 0. The Labute approximate surface area is 149 Å². The molecule has 0 unspecified atom stereocenters. The second-order valence-electron chi connectivity index (χ2n) is 6.13. The van der Waals surface area contributed by atoms with Gasteiger partial charge in [-0.3, -0.25) is 9.59 Å². The second kappa shape index (κ2) is 9.42. The van der Waals surface area contributed by atoms with Crippen LogP contribution in [-0.2, 0) is 11.2 Å². The Bertz CT molecular complexity index is 619. The van der Waals surface area contributed by atoms with Crippen LogP contribution in [0.4, 0.5) is 0 Å². The number of hydrogen-bond acceptors (Lipinski definition) is 3. The van der Waals surface area contributed by atoms with Crippen molar-refractivity contribution in [2.24, 2.45) is 0 Å². The van der Waals surface area contributed by atoms with Gasteiger partial charge in [-0.2, -0.15) is 11.3 Å². The number of carbonyl (C=O) groups is 2. The summed E-state index contributed by atoms with van der Waals surface area (Å²) >= 11 is 1.46. The van der Waals surface area contributed by atoms with Gasteiger partial charge in [0, 0.05) is 31.6 Å². The Morgan fingerprint density at radius 2 is 1.54 bits per heavy atom. The van der Waals surface area contributed by atoms with Crippen LogP contribution in [0, 0.1) is 0 Å². The summed E-state index contributed by atoms with van der Waals surface area (Å²) in [4.78, 5) is 28.8. The van der Waals surface area contributed by atoms with Crippen molar-refractivity contribution in [1.29, 1.82) is 0 Å². The van der Waals surface area contributed by atoms with Gasteiger partial charge < -0.3 is 9.80 Å². The van der Waals surface area contributed by atoms with Crippen molar-refractivity contribution >= 4 is 23.2 Å². The number of amides is 2. The molecule has 0 aromatic carbocycles.